The van der Waals surface area contributed by atoms with Crippen LogP contribution in [0.25, 0.3) is 0 Å². The van der Waals surface area contributed by atoms with Crippen molar-refractivity contribution >= 4 is 46.6 Å². The molecular weight excluding hydrogens is 616 g/mol. The predicted molar refractivity (Wildman–Crippen MR) is 136 cm³/mol. The number of carbonyl (C=O) groups is 2. The van der Waals surface area contributed by atoms with Gasteiger partial charge in [-0.1, -0.05) is 60.1 Å². The van der Waals surface area contributed by atoms with Crippen molar-refractivity contribution < 1.29 is 45.2 Å². The first-order valence-electron chi connectivity index (χ1n) is 11.0. The van der Waals surface area contributed by atoms with Crippen LogP contribution in [0.5, 0.6) is 0 Å². The Kier molecular flexibility index (Phi) is 11.1. The van der Waals surface area contributed by atoms with Crippen LogP contribution < -0.4 is 5.32 Å². The van der Waals surface area contributed by atoms with Crippen LogP contribution >= 0.6 is 34.8 Å². The minimum Gasteiger partial charge on any atom is -0.338 e. The molecule has 1 aromatic rings. The van der Waals surface area contributed by atoms with Gasteiger partial charge in [0.15, 0.2) is 0 Å². The predicted octanol–water partition coefficient (Wildman–Crippen LogP) is 7.58. The number of benzene rings is 1. The molecule has 40 heavy (non-hydrogen) atoms. The molecule has 2 rings (SSSR count). The Labute approximate surface area is 239 Å². The SMILES string of the molecule is C=C/C(=C/C(=C\C)C(/F)=C/C(c1cc(Cl)c(Cl)c(Cl)c1)C(F)(F)F)C(=C)C(=O)N[C@@H]1CON(CC(F)(F)F)C1=O. The Morgan fingerprint density at radius 3 is 2.23 bits per heavy atom. The number of alkyl halides is 6. The van der Waals surface area contributed by atoms with Crippen molar-refractivity contribution in [1.82, 2.24) is 10.4 Å². The van der Waals surface area contributed by atoms with E-state index in [-0.39, 0.29) is 31.8 Å². The lowest BCUT2D eigenvalue weighted by molar-refractivity contribution is -0.214. The van der Waals surface area contributed by atoms with Crippen LogP contribution in [0.4, 0.5) is 30.7 Å². The van der Waals surface area contributed by atoms with E-state index in [4.69, 9.17) is 34.8 Å². The number of hydrogen-bond donors (Lipinski definition) is 1. The highest BCUT2D eigenvalue weighted by molar-refractivity contribution is 6.48. The van der Waals surface area contributed by atoms with Gasteiger partial charge in [0.1, 0.15) is 30.9 Å². The summed E-state index contributed by atoms with van der Waals surface area (Å²) in [6, 6.07) is 0.323. The number of amides is 2. The van der Waals surface area contributed by atoms with E-state index in [2.05, 4.69) is 23.3 Å². The number of hydrogen-bond acceptors (Lipinski definition) is 3. The summed E-state index contributed by atoms with van der Waals surface area (Å²) in [5.74, 6) is -6.04. The van der Waals surface area contributed by atoms with E-state index in [1.165, 1.54) is 6.92 Å². The summed E-state index contributed by atoms with van der Waals surface area (Å²) >= 11 is 17.5. The summed E-state index contributed by atoms with van der Waals surface area (Å²) < 4.78 is 94.4. The van der Waals surface area contributed by atoms with Gasteiger partial charge in [0, 0.05) is 11.1 Å². The summed E-state index contributed by atoms with van der Waals surface area (Å²) in [6.45, 7) is 6.00. The van der Waals surface area contributed by atoms with Gasteiger partial charge in [-0.2, -0.15) is 26.3 Å². The van der Waals surface area contributed by atoms with Crippen molar-refractivity contribution in [2.75, 3.05) is 13.2 Å². The molecule has 2 amide bonds. The number of nitrogens with zero attached hydrogens (tertiary/aromatic N) is 1. The lowest BCUT2D eigenvalue weighted by Crippen LogP contribution is -2.44. The van der Waals surface area contributed by atoms with Gasteiger partial charge in [-0.15, -0.1) is 0 Å². The van der Waals surface area contributed by atoms with E-state index >= 15 is 4.39 Å². The number of nitrogens with one attached hydrogen (secondary N) is 1. The van der Waals surface area contributed by atoms with E-state index in [0.29, 0.717) is 0 Å². The average molecular weight is 636 g/mol. The van der Waals surface area contributed by atoms with E-state index < -0.39 is 71.8 Å². The maximum atomic E-state index is 15.2. The third-order valence-electron chi connectivity index (χ3n) is 5.34. The average Bonchev–Trinajstić information content (AvgIpc) is 3.17. The smallest absolute Gasteiger partial charge is 0.338 e. The molecule has 0 aromatic heterocycles. The monoisotopic (exact) mass is 634 g/mol. The molecule has 15 heteroatoms. The van der Waals surface area contributed by atoms with Crippen molar-refractivity contribution in [2.24, 2.45) is 0 Å². The minimum atomic E-state index is -4.97. The molecule has 0 aliphatic carbocycles. The maximum Gasteiger partial charge on any atom is 0.408 e. The molecule has 1 unspecified atom stereocenters. The molecule has 1 saturated heterocycles. The van der Waals surface area contributed by atoms with Crippen molar-refractivity contribution in [3.05, 3.63) is 92.8 Å². The topological polar surface area (TPSA) is 58.6 Å². The molecule has 0 saturated carbocycles. The molecule has 1 fully saturated rings. The van der Waals surface area contributed by atoms with E-state index in [1.54, 1.807) is 0 Å². The second-order valence-corrected chi connectivity index (χ2v) is 9.36. The molecular formula is C25H20Cl3F7N2O3. The summed E-state index contributed by atoms with van der Waals surface area (Å²) in [6.07, 6.45) is -6.32. The zero-order valence-corrected chi connectivity index (χ0v) is 22.7. The number of allylic oxidation sites excluding steroid dienone is 6. The van der Waals surface area contributed by atoms with Gasteiger partial charge >= 0.3 is 12.4 Å². The van der Waals surface area contributed by atoms with Gasteiger partial charge in [-0.25, -0.2) is 9.45 Å². The molecule has 1 N–H and O–H groups in total. The highest BCUT2D eigenvalue weighted by Crippen LogP contribution is 2.42. The van der Waals surface area contributed by atoms with Gasteiger partial charge in [0.2, 0.25) is 0 Å². The molecule has 0 radical (unpaired) electrons. The summed E-state index contributed by atoms with van der Waals surface area (Å²) in [4.78, 5) is 29.4. The summed E-state index contributed by atoms with van der Waals surface area (Å²) in [5.41, 5.74) is -1.46. The van der Waals surface area contributed by atoms with Crippen LogP contribution in [-0.4, -0.2) is 48.4 Å². The van der Waals surface area contributed by atoms with Crippen LogP contribution in [0.15, 0.2) is 72.1 Å². The summed E-state index contributed by atoms with van der Waals surface area (Å²) in [7, 11) is 0. The molecule has 1 heterocycles. The highest BCUT2D eigenvalue weighted by atomic mass is 35.5. The molecule has 5 nitrogen and oxygen atoms in total. The number of carbonyl (C=O) groups excluding carboxylic acids is 2. The zero-order chi connectivity index (χ0) is 30.6. The molecule has 218 valence electrons. The van der Waals surface area contributed by atoms with Crippen molar-refractivity contribution in [2.45, 2.75) is 31.2 Å². The first-order chi connectivity index (χ1) is 18.4. The second kappa shape index (κ2) is 13.2. The van der Waals surface area contributed by atoms with Gasteiger partial charge in [0.25, 0.3) is 11.8 Å². The lowest BCUT2D eigenvalue weighted by atomic mass is 9.95. The molecule has 1 aromatic carbocycles. The Hall–Kier alpha value is -2.80. The zero-order valence-electron chi connectivity index (χ0n) is 20.4. The number of hydroxylamine groups is 2. The number of rotatable bonds is 9. The largest absolute Gasteiger partial charge is 0.408 e. The standard InChI is InChI=1S/C25H20Cl3F7N2O3/c1-4-13(12(3)22(38)36-20-10-40-37(23(20)39)11-24(30,31)32)6-14(5-2)19(29)9-16(25(33,34)35)15-7-17(26)21(28)18(27)8-15/h4-9,16,20H,1,3,10-11H2,2H3,(H,36,38)/b13-6-,14-5+,19-9-/t16?,20-/m1/s1. The Morgan fingerprint density at radius 2 is 1.75 bits per heavy atom. The van der Waals surface area contributed by atoms with Crippen molar-refractivity contribution in [3.63, 3.8) is 0 Å². The van der Waals surface area contributed by atoms with Crippen LogP contribution in [0.2, 0.25) is 15.1 Å². The molecule has 0 spiro atoms. The Morgan fingerprint density at radius 1 is 1.18 bits per heavy atom. The maximum absolute atomic E-state index is 15.2. The lowest BCUT2D eigenvalue weighted by Gasteiger charge is -2.19. The van der Waals surface area contributed by atoms with Gasteiger partial charge in [0.05, 0.1) is 15.1 Å². The van der Waals surface area contributed by atoms with Crippen molar-refractivity contribution in [3.8, 4) is 0 Å². The molecule has 1 aliphatic heterocycles. The third kappa shape index (κ3) is 8.60. The fourth-order valence-electron chi connectivity index (χ4n) is 3.34. The normalized spacial score (nSPS) is 18.2. The molecule has 2 atom stereocenters. The minimum absolute atomic E-state index is 0.0498. The van der Waals surface area contributed by atoms with Crippen LogP contribution in [0, 0.1) is 0 Å². The quantitative estimate of drug-likeness (QED) is 0.132. The molecule has 1 aliphatic rings. The van der Waals surface area contributed by atoms with E-state index in [9.17, 15) is 35.9 Å². The van der Waals surface area contributed by atoms with Crippen LogP contribution in [0.3, 0.4) is 0 Å². The first-order valence-corrected chi connectivity index (χ1v) is 12.1. The Bertz CT molecular complexity index is 1260. The highest BCUT2D eigenvalue weighted by Gasteiger charge is 2.42. The van der Waals surface area contributed by atoms with E-state index in [0.717, 1.165) is 30.4 Å². The fraction of sp³-hybridized carbons (Fsp3) is 0.280. The third-order valence-corrected chi connectivity index (χ3v) is 6.54. The molecule has 0 bridgehead atoms. The second-order valence-electron chi connectivity index (χ2n) is 8.17. The van der Waals surface area contributed by atoms with Gasteiger partial charge in [-0.3, -0.25) is 14.4 Å². The first kappa shape index (κ1) is 33.4. The number of halogens is 10. The summed E-state index contributed by atoms with van der Waals surface area (Å²) in [5, 5.41) is 1.46. The van der Waals surface area contributed by atoms with Gasteiger partial charge in [-0.05, 0) is 42.3 Å². The van der Waals surface area contributed by atoms with Gasteiger partial charge < -0.3 is 5.32 Å². The van der Waals surface area contributed by atoms with E-state index in [1.807, 2.05) is 0 Å². The van der Waals surface area contributed by atoms with Crippen LogP contribution in [0.1, 0.15) is 18.4 Å². The van der Waals surface area contributed by atoms with Crippen LogP contribution in [-0.2, 0) is 14.4 Å². The van der Waals surface area contributed by atoms with Crippen molar-refractivity contribution in [1.29, 1.82) is 0 Å². The fourth-order valence-corrected chi connectivity index (χ4v) is 3.96. The Balaban J connectivity index is 2.30.